The summed E-state index contributed by atoms with van der Waals surface area (Å²) in [5.74, 6) is -1.64. The lowest BCUT2D eigenvalue weighted by Gasteiger charge is -2.29. The third-order valence-corrected chi connectivity index (χ3v) is 5.24. The number of hydrogen-bond acceptors (Lipinski definition) is 8. The number of ketones is 1. The van der Waals surface area contributed by atoms with E-state index in [9.17, 15) is 19.2 Å². The molecule has 11 nitrogen and oxygen atoms in total. The summed E-state index contributed by atoms with van der Waals surface area (Å²) >= 11 is 0. The molecule has 1 unspecified atom stereocenters. The van der Waals surface area contributed by atoms with E-state index in [-0.39, 0.29) is 36.3 Å². The topological polar surface area (TPSA) is 160 Å². The fraction of sp³-hybridized carbons (Fsp3) is 0.682. The minimum Gasteiger partial charge on any atom is -0.388 e. The first kappa shape index (κ1) is 28.2. The zero-order chi connectivity index (χ0) is 25.2. The van der Waals surface area contributed by atoms with E-state index in [1.807, 2.05) is 34.6 Å². The fourth-order valence-corrected chi connectivity index (χ4v) is 2.96. The number of methoxy groups -OCH3 is 1. The number of nitrogens with zero attached hydrogens (tertiary/aromatic N) is 1. The summed E-state index contributed by atoms with van der Waals surface area (Å²) in [4.78, 5) is 50.2. The van der Waals surface area contributed by atoms with Crippen LogP contribution in [0.2, 0.25) is 0 Å². The van der Waals surface area contributed by atoms with Gasteiger partial charge in [0.1, 0.15) is 12.6 Å². The van der Waals surface area contributed by atoms with Crippen LogP contribution in [0.3, 0.4) is 0 Å². The van der Waals surface area contributed by atoms with E-state index in [4.69, 9.17) is 14.4 Å². The number of carbonyl (C=O) groups excluding carboxylic acids is 4. The number of ether oxygens (including phenoxy) is 1. The molecule has 0 aliphatic carbocycles. The fourth-order valence-electron chi connectivity index (χ4n) is 2.96. The van der Waals surface area contributed by atoms with Gasteiger partial charge in [-0.3, -0.25) is 19.2 Å². The Morgan fingerprint density at radius 1 is 1.18 bits per heavy atom. The molecule has 0 aromatic carbocycles. The van der Waals surface area contributed by atoms with Crippen molar-refractivity contribution in [1.29, 1.82) is 0 Å². The molecule has 1 rings (SSSR count). The number of aliphatic hydroxyl groups is 1. The quantitative estimate of drug-likeness (QED) is 0.308. The van der Waals surface area contributed by atoms with Gasteiger partial charge in [0.25, 0.3) is 5.91 Å². The Morgan fingerprint density at radius 2 is 1.85 bits per heavy atom. The summed E-state index contributed by atoms with van der Waals surface area (Å²) in [5.41, 5.74) is -0.694. The molecule has 1 aromatic heterocycles. The highest BCUT2D eigenvalue weighted by molar-refractivity contribution is 5.97. The monoisotopic (exact) mass is 468 g/mol. The number of aromatic nitrogens is 1. The van der Waals surface area contributed by atoms with Crippen LogP contribution in [-0.4, -0.2) is 66.1 Å². The Kier molecular flexibility index (Phi) is 11.2. The molecule has 3 amide bonds. The molecule has 0 saturated heterocycles. The Labute approximate surface area is 194 Å². The largest absolute Gasteiger partial charge is 0.388 e. The number of aliphatic hydroxyl groups excluding tert-OH is 1. The van der Waals surface area contributed by atoms with Crippen molar-refractivity contribution in [1.82, 2.24) is 21.1 Å². The lowest BCUT2D eigenvalue weighted by atomic mass is 9.80. The SMILES string of the molecule is CCC(C)(C)C(=O)[C@H](CC(C)C)NC(=O)CNC(=O)C(COC)NC(=O)c1cc(CO)on1. The molecule has 1 heterocycles. The van der Waals surface area contributed by atoms with Crippen molar-refractivity contribution in [3.63, 3.8) is 0 Å². The molecule has 0 fully saturated rings. The average Bonchev–Trinajstić information content (AvgIpc) is 3.25. The van der Waals surface area contributed by atoms with Crippen molar-refractivity contribution < 1.29 is 33.5 Å². The van der Waals surface area contributed by atoms with Crippen LogP contribution in [0.4, 0.5) is 0 Å². The third-order valence-electron chi connectivity index (χ3n) is 5.24. The van der Waals surface area contributed by atoms with Crippen molar-refractivity contribution >= 4 is 23.5 Å². The number of carbonyl (C=O) groups is 4. The van der Waals surface area contributed by atoms with E-state index in [1.165, 1.54) is 13.2 Å². The molecular formula is C22H36N4O7. The first-order chi connectivity index (χ1) is 15.4. The molecule has 0 radical (unpaired) electrons. The summed E-state index contributed by atoms with van der Waals surface area (Å²) in [6, 6.07) is -0.516. The van der Waals surface area contributed by atoms with Gasteiger partial charge in [-0.15, -0.1) is 0 Å². The standard InChI is InChI=1S/C22H36N4O7/c1-7-22(4,5)19(29)15(8-13(2)3)24-18(28)10-23-20(30)17(12-32-6)25-21(31)16-9-14(11-27)33-26-16/h9,13,15,17,27H,7-8,10-12H2,1-6H3,(H,23,30)(H,24,28)(H,25,31)/t15-,17?/m0/s1. The first-order valence-electron chi connectivity index (χ1n) is 10.9. The maximum atomic E-state index is 12.9. The molecule has 33 heavy (non-hydrogen) atoms. The highest BCUT2D eigenvalue weighted by Gasteiger charge is 2.33. The molecular weight excluding hydrogens is 432 g/mol. The van der Waals surface area contributed by atoms with Gasteiger partial charge >= 0.3 is 0 Å². The van der Waals surface area contributed by atoms with Gasteiger partial charge in [-0.05, 0) is 18.8 Å². The van der Waals surface area contributed by atoms with Crippen LogP contribution in [-0.2, 0) is 25.7 Å². The van der Waals surface area contributed by atoms with Crippen molar-refractivity contribution in [2.75, 3.05) is 20.3 Å². The molecule has 1 aromatic rings. The van der Waals surface area contributed by atoms with Crippen LogP contribution < -0.4 is 16.0 Å². The Hall–Kier alpha value is -2.79. The minimum absolute atomic E-state index is 0.0576. The number of Topliss-reactive ketones (excluding diaryl/α,β-unsaturated/α-hetero) is 1. The predicted molar refractivity (Wildman–Crippen MR) is 119 cm³/mol. The van der Waals surface area contributed by atoms with Gasteiger partial charge in [0.05, 0.1) is 19.2 Å². The number of rotatable bonds is 14. The molecule has 0 spiro atoms. The normalized spacial score (nSPS) is 13.3. The second kappa shape index (κ2) is 13.0. The Bertz CT molecular complexity index is 819. The van der Waals surface area contributed by atoms with Gasteiger partial charge in [-0.2, -0.15) is 0 Å². The Balaban J connectivity index is 2.73. The summed E-state index contributed by atoms with van der Waals surface area (Å²) in [5, 5.41) is 20.1. The molecule has 186 valence electrons. The lowest BCUT2D eigenvalue weighted by molar-refractivity contribution is -0.134. The zero-order valence-corrected chi connectivity index (χ0v) is 20.2. The molecule has 0 aliphatic rings. The van der Waals surface area contributed by atoms with E-state index >= 15 is 0 Å². The summed E-state index contributed by atoms with van der Waals surface area (Å²) in [6.45, 7) is 8.57. The van der Waals surface area contributed by atoms with Crippen LogP contribution in [0.25, 0.3) is 0 Å². The van der Waals surface area contributed by atoms with E-state index in [0.29, 0.717) is 12.8 Å². The summed E-state index contributed by atoms with van der Waals surface area (Å²) in [7, 11) is 1.36. The number of amides is 3. The van der Waals surface area contributed by atoms with Crippen LogP contribution >= 0.6 is 0 Å². The maximum Gasteiger partial charge on any atom is 0.274 e. The first-order valence-corrected chi connectivity index (χ1v) is 10.9. The second-order valence-electron chi connectivity index (χ2n) is 8.89. The van der Waals surface area contributed by atoms with E-state index in [0.717, 1.165) is 0 Å². The van der Waals surface area contributed by atoms with Crippen LogP contribution in [0, 0.1) is 11.3 Å². The van der Waals surface area contributed by atoms with Crippen molar-refractivity contribution in [2.45, 2.75) is 66.2 Å². The highest BCUT2D eigenvalue weighted by atomic mass is 16.5. The molecule has 0 bridgehead atoms. The molecule has 2 atom stereocenters. The molecule has 0 saturated carbocycles. The van der Waals surface area contributed by atoms with E-state index in [1.54, 1.807) is 0 Å². The maximum absolute atomic E-state index is 12.9. The second-order valence-corrected chi connectivity index (χ2v) is 8.89. The van der Waals surface area contributed by atoms with Crippen LogP contribution in [0.5, 0.6) is 0 Å². The average molecular weight is 469 g/mol. The number of nitrogens with one attached hydrogen (secondary N) is 3. The van der Waals surface area contributed by atoms with E-state index < -0.39 is 41.8 Å². The van der Waals surface area contributed by atoms with Gasteiger partial charge in [0.15, 0.2) is 17.2 Å². The molecule has 4 N–H and O–H groups in total. The van der Waals surface area contributed by atoms with Crippen molar-refractivity contribution in [3.05, 3.63) is 17.5 Å². The third kappa shape index (κ3) is 8.93. The number of hydrogen-bond donors (Lipinski definition) is 4. The zero-order valence-electron chi connectivity index (χ0n) is 20.2. The van der Waals surface area contributed by atoms with Gasteiger partial charge in [-0.1, -0.05) is 39.8 Å². The Morgan fingerprint density at radius 3 is 2.36 bits per heavy atom. The van der Waals surface area contributed by atoms with Crippen molar-refractivity contribution in [2.24, 2.45) is 11.3 Å². The molecule has 11 heteroatoms. The molecule has 0 aliphatic heterocycles. The predicted octanol–water partition coefficient (Wildman–Crippen LogP) is 0.564. The minimum atomic E-state index is -1.10. The van der Waals surface area contributed by atoms with Crippen molar-refractivity contribution in [3.8, 4) is 0 Å². The highest BCUT2D eigenvalue weighted by Crippen LogP contribution is 2.24. The van der Waals surface area contributed by atoms with Gasteiger partial charge in [-0.25, -0.2) is 0 Å². The summed E-state index contributed by atoms with van der Waals surface area (Å²) < 4.78 is 9.74. The van der Waals surface area contributed by atoms with Crippen LogP contribution in [0.1, 0.15) is 63.7 Å². The lowest BCUT2D eigenvalue weighted by Crippen LogP contribution is -2.53. The summed E-state index contributed by atoms with van der Waals surface area (Å²) in [6.07, 6.45) is 1.12. The van der Waals surface area contributed by atoms with E-state index in [2.05, 4.69) is 21.1 Å². The van der Waals surface area contributed by atoms with Crippen LogP contribution in [0.15, 0.2) is 10.6 Å². The van der Waals surface area contributed by atoms with Gasteiger partial charge < -0.3 is 30.3 Å². The van der Waals surface area contributed by atoms with Gasteiger partial charge in [0, 0.05) is 18.6 Å². The smallest absolute Gasteiger partial charge is 0.274 e. The van der Waals surface area contributed by atoms with Gasteiger partial charge in [0.2, 0.25) is 11.8 Å².